The van der Waals surface area contributed by atoms with E-state index in [-0.39, 0.29) is 29.7 Å². The summed E-state index contributed by atoms with van der Waals surface area (Å²) >= 11 is 12.0. The van der Waals surface area contributed by atoms with E-state index in [4.69, 9.17) is 32.7 Å². The summed E-state index contributed by atoms with van der Waals surface area (Å²) in [5.41, 5.74) is 1.56. The normalized spacial score (nSPS) is 10.2. The second kappa shape index (κ2) is 8.74. The zero-order valence-corrected chi connectivity index (χ0v) is 15.3. The third-order valence-corrected chi connectivity index (χ3v) is 3.98. The Morgan fingerprint density at radius 2 is 1.84 bits per heavy atom. The van der Waals surface area contributed by atoms with Crippen LogP contribution in [0.1, 0.15) is 22.8 Å². The van der Waals surface area contributed by atoms with Gasteiger partial charge in [-0.1, -0.05) is 23.2 Å². The molecule has 1 amide bonds. The topological polar surface area (TPSA) is 64.6 Å². The molecule has 1 N–H and O–H groups in total. The second-order valence-corrected chi connectivity index (χ2v) is 5.98. The van der Waals surface area contributed by atoms with Gasteiger partial charge in [0.05, 0.1) is 17.2 Å². The zero-order valence-electron chi connectivity index (χ0n) is 13.8. The quantitative estimate of drug-likeness (QED) is 0.748. The molecule has 0 spiro atoms. The highest BCUT2D eigenvalue weighted by molar-refractivity contribution is 6.34. The summed E-state index contributed by atoms with van der Waals surface area (Å²) in [7, 11) is 0. The standard InChI is InChI=1S/C18H17Cl2NO4/c1-3-24-18(23)14-6-4-12(9-16(14)20)21-17(22)10-25-13-5-7-15(19)11(2)8-13/h4-9H,3,10H2,1-2H3,(H,21,22). The van der Waals surface area contributed by atoms with Crippen LogP contribution in [0.25, 0.3) is 0 Å². The lowest BCUT2D eigenvalue weighted by Crippen LogP contribution is -2.20. The molecule has 0 saturated carbocycles. The number of amides is 1. The van der Waals surface area contributed by atoms with Crippen LogP contribution in [0.5, 0.6) is 5.75 Å². The number of halogens is 2. The first-order valence-corrected chi connectivity index (χ1v) is 8.31. The molecule has 2 aromatic carbocycles. The van der Waals surface area contributed by atoms with Gasteiger partial charge in [0.25, 0.3) is 5.91 Å². The van der Waals surface area contributed by atoms with Crippen molar-refractivity contribution < 1.29 is 19.1 Å². The summed E-state index contributed by atoms with van der Waals surface area (Å²) in [5.74, 6) is -0.313. The molecule has 0 saturated heterocycles. The molecular formula is C18H17Cl2NO4. The van der Waals surface area contributed by atoms with Crippen molar-refractivity contribution in [1.29, 1.82) is 0 Å². The van der Waals surface area contributed by atoms with Crippen LogP contribution in [0.15, 0.2) is 36.4 Å². The maximum atomic E-state index is 12.0. The molecule has 0 aliphatic carbocycles. The van der Waals surface area contributed by atoms with Gasteiger partial charge in [-0.3, -0.25) is 4.79 Å². The van der Waals surface area contributed by atoms with E-state index in [1.165, 1.54) is 12.1 Å². The predicted molar refractivity (Wildman–Crippen MR) is 97.7 cm³/mol. The summed E-state index contributed by atoms with van der Waals surface area (Å²) in [5, 5.41) is 3.48. The largest absolute Gasteiger partial charge is 0.484 e. The molecular weight excluding hydrogens is 365 g/mol. The molecule has 2 aromatic rings. The number of carbonyl (C=O) groups excluding carboxylic acids is 2. The molecule has 0 unspecified atom stereocenters. The number of ether oxygens (including phenoxy) is 2. The Hall–Kier alpha value is -2.24. The van der Waals surface area contributed by atoms with Gasteiger partial charge in [0.2, 0.25) is 0 Å². The number of rotatable bonds is 6. The van der Waals surface area contributed by atoms with E-state index in [1.807, 2.05) is 6.92 Å². The highest BCUT2D eigenvalue weighted by Gasteiger charge is 2.13. The number of nitrogens with one attached hydrogen (secondary N) is 1. The lowest BCUT2D eigenvalue weighted by atomic mass is 10.2. The van der Waals surface area contributed by atoms with Crippen LogP contribution in [0, 0.1) is 6.92 Å². The first-order valence-electron chi connectivity index (χ1n) is 7.56. The molecule has 0 aromatic heterocycles. The number of aryl methyl sites for hydroxylation is 1. The molecule has 0 aliphatic heterocycles. The van der Waals surface area contributed by atoms with Crippen molar-refractivity contribution in [3.05, 3.63) is 57.6 Å². The molecule has 0 radical (unpaired) electrons. The minimum Gasteiger partial charge on any atom is -0.484 e. The number of esters is 1. The fourth-order valence-corrected chi connectivity index (χ4v) is 2.40. The lowest BCUT2D eigenvalue weighted by molar-refractivity contribution is -0.118. The molecule has 5 nitrogen and oxygen atoms in total. The van der Waals surface area contributed by atoms with Crippen LogP contribution in [-0.2, 0) is 9.53 Å². The molecule has 132 valence electrons. The molecule has 0 fully saturated rings. The van der Waals surface area contributed by atoms with Gasteiger partial charge in [0, 0.05) is 10.7 Å². The van der Waals surface area contributed by atoms with Crippen molar-refractivity contribution in [2.24, 2.45) is 0 Å². The summed E-state index contributed by atoms with van der Waals surface area (Å²) in [6.07, 6.45) is 0. The molecule has 0 atom stereocenters. The maximum Gasteiger partial charge on any atom is 0.339 e. The third kappa shape index (κ3) is 5.37. The smallest absolute Gasteiger partial charge is 0.339 e. The van der Waals surface area contributed by atoms with Gasteiger partial charge >= 0.3 is 5.97 Å². The van der Waals surface area contributed by atoms with E-state index < -0.39 is 5.97 Å². The fraction of sp³-hybridized carbons (Fsp3) is 0.222. The Bertz CT molecular complexity index is 793. The van der Waals surface area contributed by atoms with E-state index in [0.717, 1.165) is 5.56 Å². The Kier molecular flexibility index (Phi) is 6.67. The molecule has 7 heteroatoms. The number of hydrogen-bond donors (Lipinski definition) is 1. The average Bonchev–Trinajstić information content (AvgIpc) is 2.56. The Labute approximate surface area is 155 Å². The van der Waals surface area contributed by atoms with Crippen molar-refractivity contribution in [1.82, 2.24) is 0 Å². The third-order valence-electron chi connectivity index (χ3n) is 3.25. The van der Waals surface area contributed by atoms with Crippen LogP contribution in [0.4, 0.5) is 5.69 Å². The molecule has 2 rings (SSSR count). The van der Waals surface area contributed by atoms with Crippen molar-refractivity contribution >= 4 is 40.8 Å². The number of carbonyl (C=O) groups is 2. The maximum absolute atomic E-state index is 12.0. The zero-order chi connectivity index (χ0) is 18.4. The first kappa shape index (κ1) is 19.1. The van der Waals surface area contributed by atoms with Crippen molar-refractivity contribution in [3.8, 4) is 5.75 Å². The van der Waals surface area contributed by atoms with Gasteiger partial charge in [-0.05, 0) is 55.8 Å². The van der Waals surface area contributed by atoms with Crippen LogP contribution >= 0.6 is 23.2 Å². The summed E-state index contributed by atoms with van der Waals surface area (Å²) in [4.78, 5) is 23.7. The molecule has 0 heterocycles. The van der Waals surface area contributed by atoms with Gasteiger partial charge in [-0.2, -0.15) is 0 Å². The molecule has 25 heavy (non-hydrogen) atoms. The van der Waals surface area contributed by atoms with E-state index in [2.05, 4.69) is 5.32 Å². The van der Waals surface area contributed by atoms with E-state index >= 15 is 0 Å². The van der Waals surface area contributed by atoms with Gasteiger partial charge in [0.15, 0.2) is 6.61 Å². The van der Waals surface area contributed by atoms with Gasteiger partial charge in [-0.15, -0.1) is 0 Å². The van der Waals surface area contributed by atoms with E-state index in [0.29, 0.717) is 16.5 Å². The van der Waals surface area contributed by atoms with Crippen LogP contribution in [-0.4, -0.2) is 25.1 Å². The summed E-state index contributed by atoms with van der Waals surface area (Å²) < 4.78 is 10.3. The average molecular weight is 382 g/mol. The highest BCUT2D eigenvalue weighted by atomic mass is 35.5. The predicted octanol–water partition coefficient (Wildman–Crippen LogP) is 4.50. The Balaban J connectivity index is 1.95. The number of hydrogen-bond acceptors (Lipinski definition) is 4. The first-order chi connectivity index (χ1) is 11.9. The van der Waals surface area contributed by atoms with Crippen LogP contribution in [0.2, 0.25) is 10.0 Å². The second-order valence-electron chi connectivity index (χ2n) is 5.16. The van der Waals surface area contributed by atoms with Crippen molar-refractivity contribution in [2.75, 3.05) is 18.5 Å². The summed E-state index contributed by atoms with van der Waals surface area (Å²) in [6, 6.07) is 9.70. The fourth-order valence-electron chi connectivity index (χ4n) is 2.02. The Morgan fingerprint density at radius 1 is 1.08 bits per heavy atom. The number of benzene rings is 2. The SMILES string of the molecule is CCOC(=O)c1ccc(NC(=O)COc2ccc(Cl)c(C)c2)cc1Cl. The van der Waals surface area contributed by atoms with Gasteiger partial charge < -0.3 is 14.8 Å². The Morgan fingerprint density at radius 3 is 2.48 bits per heavy atom. The summed E-state index contributed by atoms with van der Waals surface area (Å²) in [6.45, 7) is 3.65. The molecule has 0 aliphatic rings. The minimum atomic E-state index is -0.508. The van der Waals surface area contributed by atoms with Crippen LogP contribution < -0.4 is 10.1 Å². The van der Waals surface area contributed by atoms with Crippen LogP contribution in [0.3, 0.4) is 0 Å². The minimum absolute atomic E-state index is 0.168. The van der Waals surface area contributed by atoms with Crippen molar-refractivity contribution in [3.63, 3.8) is 0 Å². The number of anilines is 1. The lowest BCUT2D eigenvalue weighted by Gasteiger charge is -2.10. The van der Waals surface area contributed by atoms with Gasteiger partial charge in [0.1, 0.15) is 5.75 Å². The monoisotopic (exact) mass is 381 g/mol. The van der Waals surface area contributed by atoms with E-state index in [1.54, 1.807) is 31.2 Å². The van der Waals surface area contributed by atoms with E-state index in [9.17, 15) is 9.59 Å². The highest BCUT2D eigenvalue weighted by Crippen LogP contribution is 2.23. The van der Waals surface area contributed by atoms with Gasteiger partial charge in [-0.25, -0.2) is 4.79 Å². The van der Waals surface area contributed by atoms with Crippen molar-refractivity contribution in [2.45, 2.75) is 13.8 Å². The molecule has 0 bridgehead atoms.